The molecule has 0 saturated carbocycles. The Morgan fingerprint density at radius 1 is 1.22 bits per heavy atom. The average molecular weight is 441 g/mol. The molecule has 2 N–H and O–H groups in total. The van der Waals surface area contributed by atoms with Crippen LogP contribution in [0.4, 0.5) is 14.7 Å². The van der Waals surface area contributed by atoms with Crippen molar-refractivity contribution in [1.29, 1.82) is 0 Å². The van der Waals surface area contributed by atoms with E-state index >= 15 is 0 Å². The van der Waals surface area contributed by atoms with Crippen LogP contribution in [0.25, 0.3) is 22.2 Å². The minimum atomic E-state index is -1.23. The predicted molar refractivity (Wildman–Crippen MR) is 117 cm³/mol. The summed E-state index contributed by atoms with van der Waals surface area (Å²) in [5, 5.41) is 14.1. The Labute approximate surface area is 184 Å². The second-order valence-corrected chi connectivity index (χ2v) is 8.55. The largest absolute Gasteiger partial charge is 0.386 e. The summed E-state index contributed by atoms with van der Waals surface area (Å²) in [6, 6.07) is 4.49. The highest BCUT2D eigenvalue weighted by Crippen LogP contribution is 2.33. The van der Waals surface area contributed by atoms with Gasteiger partial charge in [-0.2, -0.15) is 0 Å². The van der Waals surface area contributed by atoms with Crippen molar-refractivity contribution in [3.63, 3.8) is 0 Å². The summed E-state index contributed by atoms with van der Waals surface area (Å²) in [6.45, 7) is 5.15. The first-order valence-electron chi connectivity index (χ1n) is 10.5. The van der Waals surface area contributed by atoms with Gasteiger partial charge in [0.15, 0.2) is 5.82 Å². The maximum atomic E-state index is 14.8. The number of nitrogens with one attached hydrogen (secondary N) is 1. The van der Waals surface area contributed by atoms with E-state index in [9.17, 15) is 18.7 Å². The highest BCUT2D eigenvalue weighted by Gasteiger charge is 2.23. The minimum absolute atomic E-state index is 0.0350. The number of aromatic nitrogens is 3. The molecule has 0 amide bonds. The van der Waals surface area contributed by atoms with Gasteiger partial charge in [0, 0.05) is 36.3 Å². The highest BCUT2D eigenvalue weighted by molar-refractivity contribution is 5.88. The molecule has 3 heterocycles. The summed E-state index contributed by atoms with van der Waals surface area (Å²) < 4.78 is 29.5. The first-order chi connectivity index (χ1) is 15.3. The molecule has 7 nitrogen and oxygen atoms in total. The third-order valence-corrected chi connectivity index (χ3v) is 5.73. The van der Waals surface area contributed by atoms with Crippen LogP contribution in [0.1, 0.15) is 32.3 Å². The summed E-state index contributed by atoms with van der Waals surface area (Å²) in [6.07, 6.45) is 5.00. The molecule has 2 aromatic heterocycles. The van der Waals surface area contributed by atoms with Gasteiger partial charge in [0.2, 0.25) is 5.95 Å². The summed E-state index contributed by atoms with van der Waals surface area (Å²) in [5.41, 5.74) is -0.451. The van der Waals surface area contributed by atoms with Crippen molar-refractivity contribution in [2.45, 2.75) is 38.3 Å². The zero-order chi connectivity index (χ0) is 22.9. The number of fused-ring (bicyclic) bond motifs is 1. The second kappa shape index (κ2) is 8.84. The summed E-state index contributed by atoms with van der Waals surface area (Å²) in [7, 11) is 0. The van der Waals surface area contributed by atoms with Crippen LogP contribution in [-0.2, 0) is 10.4 Å². The molecule has 32 heavy (non-hydrogen) atoms. The maximum absolute atomic E-state index is 14.8. The lowest BCUT2D eigenvalue weighted by molar-refractivity contribution is -0.109. The number of carbonyl (C=O) groups is 1. The molecule has 1 aliphatic rings. The number of hydrogen-bond donors (Lipinski definition) is 2. The lowest BCUT2D eigenvalue weighted by atomic mass is 9.93. The van der Waals surface area contributed by atoms with E-state index in [0.29, 0.717) is 17.5 Å². The standard InChI is InChI=1S/C23H25F2N5O2/c1-23(2,32)17-3-6-26-21-16(17)11-14(12-18(21)24)20-19(25)13-27-22(29-20)28-15-4-7-30(8-5-15)9-10-31/h3,6,10-13,15,32H,4-5,7-9H2,1-2H3,(H,27,28,29). The number of aliphatic hydroxyl groups is 1. The Kier molecular flexibility index (Phi) is 6.12. The van der Waals surface area contributed by atoms with E-state index in [4.69, 9.17) is 0 Å². The number of pyridine rings is 1. The van der Waals surface area contributed by atoms with Gasteiger partial charge in [0.1, 0.15) is 23.3 Å². The number of benzene rings is 1. The smallest absolute Gasteiger partial charge is 0.223 e. The number of halogens is 2. The fraction of sp³-hybridized carbons (Fsp3) is 0.391. The molecule has 4 rings (SSSR count). The molecule has 168 valence electrons. The Balaban J connectivity index is 1.66. The van der Waals surface area contributed by atoms with E-state index in [2.05, 4.69) is 25.2 Å². The number of anilines is 1. The molecular weight excluding hydrogens is 416 g/mol. The van der Waals surface area contributed by atoms with Crippen molar-refractivity contribution in [3.05, 3.63) is 47.8 Å². The van der Waals surface area contributed by atoms with Gasteiger partial charge >= 0.3 is 0 Å². The molecule has 3 aromatic rings. The number of likely N-dealkylation sites (tertiary alicyclic amines) is 1. The van der Waals surface area contributed by atoms with Gasteiger partial charge in [0.05, 0.1) is 18.3 Å². The number of hydrogen-bond acceptors (Lipinski definition) is 7. The first kappa shape index (κ1) is 22.2. The Hall–Kier alpha value is -3.04. The number of carbonyl (C=O) groups excluding carboxylic acids is 1. The number of aldehydes is 1. The molecule has 0 spiro atoms. The molecule has 0 bridgehead atoms. The molecule has 0 unspecified atom stereocenters. The van der Waals surface area contributed by atoms with E-state index < -0.39 is 17.2 Å². The molecule has 0 aliphatic carbocycles. The van der Waals surface area contributed by atoms with Crippen molar-refractivity contribution in [2.24, 2.45) is 0 Å². The van der Waals surface area contributed by atoms with Crippen LogP contribution in [0.3, 0.4) is 0 Å². The summed E-state index contributed by atoms with van der Waals surface area (Å²) in [4.78, 5) is 25.2. The lowest BCUT2D eigenvalue weighted by Crippen LogP contribution is -2.40. The highest BCUT2D eigenvalue weighted by atomic mass is 19.1. The molecule has 9 heteroatoms. The van der Waals surface area contributed by atoms with Crippen molar-refractivity contribution in [3.8, 4) is 11.3 Å². The third-order valence-electron chi connectivity index (χ3n) is 5.73. The van der Waals surface area contributed by atoms with E-state index in [1.807, 2.05) is 0 Å². The molecule has 1 aliphatic heterocycles. The van der Waals surface area contributed by atoms with Crippen molar-refractivity contribution in [1.82, 2.24) is 19.9 Å². The third kappa shape index (κ3) is 4.58. The monoisotopic (exact) mass is 441 g/mol. The van der Waals surface area contributed by atoms with Crippen LogP contribution in [0, 0.1) is 11.6 Å². The Bertz CT molecular complexity index is 1140. The second-order valence-electron chi connectivity index (χ2n) is 8.55. The number of nitrogens with zero attached hydrogens (tertiary/aromatic N) is 4. The molecule has 0 atom stereocenters. The van der Waals surface area contributed by atoms with Crippen LogP contribution >= 0.6 is 0 Å². The van der Waals surface area contributed by atoms with E-state index in [1.165, 1.54) is 12.3 Å². The summed E-state index contributed by atoms with van der Waals surface area (Å²) >= 11 is 0. The molecule has 1 fully saturated rings. The van der Waals surface area contributed by atoms with Gasteiger partial charge in [-0.1, -0.05) is 0 Å². The topological polar surface area (TPSA) is 91.2 Å². The van der Waals surface area contributed by atoms with Gasteiger partial charge in [-0.25, -0.2) is 18.7 Å². The van der Waals surface area contributed by atoms with Crippen LogP contribution in [0.5, 0.6) is 0 Å². The zero-order valence-corrected chi connectivity index (χ0v) is 18.0. The van der Waals surface area contributed by atoms with Crippen molar-refractivity contribution in [2.75, 3.05) is 25.0 Å². The van der Waals surface area contributed by atoms with Gasteiger partial charge < -0.3 is 15.2 Å². The lowest BCUT2D eigenvalue weighted by Gasteiger charge is -2.31. The molecule has 0 radical (unpaired) electrons. The predicted octanol–water partition coefficient (Wildman–Crippen LogP) is 3.27. The van der Waals surface area contributed by atoms with Crippen LogP contribution in [-0.4, -0.2) is 56.9 Å². The first-order valence-corrected chi connectivity index (χ1v) is 10.5. The molecule has 1 aromatic carbocycles. The average Bonchev–Trinajstić information content (AvgIpc) is 2.75. The van der Waals surface area contributed by atoms with Crippen LogP contribution < -0.4 is 5.32 Å². The minimum Gasteiger partial charge on any atom is -0.386 e. The molecular formula is C23H25F2N5O2. The van der Waals surface area contributed by atoms with E-state index in [-0.39, 0.29) is 28.8 Å². The molecule has 1 saturated heterocycles. The summed E-state index contributed by atoms with van der Waals surface area (Å²) in [5.74, 6) is -1.05. The van der Waals surface area contributed by atoms with Crippen molar-refractivity contribution >= 4 is 23.1 Å². The van der Waals surface area contributed by atoms with Crippen molar-refractivity contribution < 1.29 is 18.7 Å². The normalized spacial score (nSPS) is 15.8. The Morgan fingerprint density at radius 2 is 1.97 bits per heavy atom. The van der Waals surface area contributed by atoms with Gasteiger partial charge in [-0.15, -0.1) is 0 Å². The van der Waals surface area contributed by atoms with E-state index in [0.717, 1.165) is 38.4 Å². The van der Waals surface area contributed by atoms with Crippen LogP contribution in [0.2, 0.25) is 0 Å². The Morgan fingerprint density at radius 3 is 2.66 bits per heavy atom. The SMILES string of the molecule is CC(C)(O)c1ccnc2c(F)cc(-c3nc(NC4CCN(CC=O)CC4)ncc3F)cc12. The zero-order valence-electron chi connectivity index (χ0n) is 18.0. The number of piperidine rings is 1. The van der Waals surface area contributed by atoms with E-state index in [1.54, 1.807) is 26.0 Å². The maximum Gasteiger partial charge on any atom is 0.223 e. The quantitative estimate of drug-likeness (QED) is 0.568. The fourth-order valence-corrected chi connectivity index (χ4v) is 4.07. The fourth-order valence-electron chi connectivity index (χ4n) is 4.07. The van der Waals surface area contributed by atoms with Crippen LogP contribution in [0.15, 0.2) is 30.6 Å². The van der Waals surface area contributed by atoms with Gasteiger partial charge in [-0.05, 0) is 50.5 Å². The van der Waals surface area contributed by atoms with Gasteiger partial charge in [-0.3, -0.25) is 9.88 Å². The number of rotatable bonds is 6. The van der Waals surface area contributed by atoms with Gasteiger partial charge in [0.25, 0.3) is 0 Å².